The van der Waals surface area contributed by atoms with Gasteiger partial charge in [0.25, 0.3) is 5.91 Å². The summed E-state index contributed by atoms with van der Waals surface area (Å²) in [5.41, 5.74) is 2.10. The predicted octanol–water partition coefficient (Wildman–Crippen LogP) is 3.31. The fourth-order valence-corrected chi connectivity index (χ4v) is 3.94. The second-order valence-corrected chi connectivity index (χ2v) is 8.16. The minimum atomic E-state index is -0.107. The molecule has 1 amide bonds. The summed E-state index contributed by atoms with van der Waals surface area (Å²) in [4.78, 5) is 27.9. The molecule has 0 spiro atoms. The SMILES string of the molecule is O=C(c1cccc(Nc2nccc(-c3ccc(OC4CCOCC4)cc3)n2)n1)N1CCOCC1. The number of benzene rings is 1. The van der Waals surface area contributed by atoms with Gasteiger partial charge in [0.1, 0.15) is 23.4 Å². The largest absolute Gasteiger partial charge is 0.490 e. The molecule has 0 radical (unpaired) electrons. The van der Waals surface area contributed by atoms with Crippen molar-refractivity contribution in [3.8, 4) is 17.0 Å². The van der Waals surface area contributed by atoms with Crippen LogP contribution < -0.4 is 10.1 Å². The third kappa shape index (κ3) is 5.49. The van der Waals surface area contributed by atoms with Gasteiger partial charge in [-0.05, 0) is 42.5 Å². The highest BCUT2D eigenvalue weighted by Gasteiger charge is 2.20. The molecule has 4 heterocycles. The van der Waals surface area contributed by atoms with Gasteiger partial charge in [-0.25, -0.2) is 15.0 Å². The topological polar surface area (TPSA) is 98.7 Å². The summed E-state index contributed by atoms with van der Waals surface area (Å²) >= 11 is 0. The molecule has 5 rings (SSSR count). The summed E-state index contributed by atoms with van der Waals surface area (Å²) in [5, 5.41) is 3.11. The van der Waals surface area contributed by atoms with Crippen LogP contribution in [0.15, 0.2) is 54.7 Å². The van der Waals surface area contributed by atoms with Crippen LogP contribution >= 0.6 is 0 Å². The molecule has 2 saturated heterocycles. The van der Waals surface area contributed by atoms with E-state index in [0.717, 1.165) is 43.1 Å². The molecule has 176 valence electrons. The third-order valence-corrected chi connectivity index (χ3v) is 5.78. The monoisotopic (exact) mass is 461 g/mol. The zero-order chi connectivity index (χ0) is 23.2. The predicted molar refractivity (Wildman–Crippen MR) is 126 cm³/mol. The molecule has 2 aromatic heterocycles. The number of hydrogen-bond acceptors (Lipinski definition) is 8. The maximum atomic E-state index is 12.7. The Morgan fingerprint density at radius 3 is 2.50 bits per heavy atom. The van der Waals surface area contributed by atoms with Crippen molar-refractivity contribution in [2.45, 2.75) is 18.9 Å². The highest BCUT2D eigenvalue weighted by Crippen LogP contribution is 2.24. The Kier molecular flexibility index (Phi) is 6.92. The molecule has 2 aliphatic heterocycles. The molecule has 2 aliphatic rings. The van der Waals surface area contributed by atoms with Crippen LogP contribution in [0.5, 0.6) is 5.75 Å². The first-order valence-corrected chi connectivity index (χ1v) is 11.5. The summed E-state index contributed by atoms with van der Waals surface area (Å²) in [5.74, 6) is 1.65. The zero-order valence-electron chi connectivity index (χ0n) is 18.9. The number of amides is 1. The second kappa shape index (κ2) is 10.6. The minimum absolute atomic E-state index is 0.107. The number of morpholine rings is 1. The summed E-state index contributed by atoms with van der Waals surface area (Å²) in [6.45, 7) is 3.74. The van der Waals surface area contributed by atoms with Crippen LogP contribution in [0.1, 0.15) is 23.3 Å². The Bertz CT molecular complexity index is 1110. The molecule has 1 aromatic carbocycles. The smallest absolute Gasteiger partial charge is 0.272 e. The number of hydrogen-bond donors (Lipinski definition) is 1. The van der Waals surface area contributed by atoms with Gasteiger partial charge in [0.15, 0.2) is 0 Å². The lowest BCUT2D eigenvalue weighted by molar-refractivity contribution is 0.0255. The average Bonchev–Trinajstić information content (AvgIpc) is 2.90. The molecule has 0 atom stereocenters. The maximum absolute atomic E-state index is 12.7. The van der Waals surface area contributed by atoms with Gasteiger partial charge in [-0.1, -0.05) is 6.07 Å². The summed E-state index contributed by atoms with van der Waals surface area (Å²) < 4.78 is 16.8. The number of rotatable bonds is 6. The van der Waals surface area contributed by atoms with Crippen LogP contribution in [0.4, 0.5) is 11.8 Å². The Hall–Kier alpha value is -3.56. The van der Waals surface area contributed by atoms with Gasteiger partial charge in [-0.2, -0.15) is 0 Å². The van der Waals surface area contributed by atoms with Crippen molar-refractivity contribution in [2.24, 2.45) is 0 Å². The average molecular weight is 462 g/mol. The normalized spacial score (nSPS) is 16.8. The summed E-state index contributed by atoms with van der Waals surface area (Å²) in [6, 6.07) is 15.0. The number of anilines is 2. The van der Waals surface area contributed by atoms with E-state index in [1.165, 1.54) is 0 Å². The van der Waals surface area contributed by atoms with E-state index in [9.17, 15) is 4.79 Å². The lowest BCUT2D eigenvalue weighted by atomic mass is 10.1. The van der Waals surface area contributed by atoms with Crippen molar-refractivity contribution in [1.29, 1.82) is 0 Å². The summed E-state index contributed by atoms with van der Waals surface area (Å²) in [6.07, 6.45) is 3.72. The molecule has 2 fully saturated rings. The minimum Gasteiger partial charge on any atom is -0.490 e. The Balaban J connectivity index is 1.26. The quantitative estimate of drug-likeness (QED) is 0.597. The Morgan fingerprint density at radius 1 is 0.941 bits per heavy atom. The molecular formula is C25H27N5O4. The van der Waals surface area contributed by atoms with Crippen LogP contribution in [0.25, 0.3) is 11.3 Å². The van der Waals surface area contributed by atoms with E-state index < -0.39 is 0 Å². The van der Waals surface area contributed by atoms with Crippen molar-refractivity contribution in [3.63, 3.8) is 0 Å². The molecule has 9 heteroatoms. The van der Waals surface area contributed by atoms with Gasteiger partial charge in [-0.15, -0.1) is 0 Å². The first-order chi connectivity index (χ1) is 16.7. The van der Waals surface area contributed by atoms with Crippen LogP contribution in [-0.2, 0) is 9.47 Å². The number of pyridine rings is 1. The molecule has 1 N–H and O–H groups in total. The van der Waals surface area contributed by atoms with Crippen LogP contribution in [0.2, 0.25) is 0 Å². The van der Waals surface area contributed by atoms with Gasteiger partial charge in [0, 0.05) is 37.7 Å². The van der Waals surface area contributed by atoms with Crippen molar-refractivity contribution < 1.29 is 19.0 Å². The van der Waals surface area contributed by atoms with Crippen LogP contribution in [0, 0.1) is 0 Å². The molecule has 0 aliphatic carbocycles. The zero-order valence-corrected chi connectivity index (χ0v) is 18.9. The van der Waals surface area contributed by atoms with Gasteiger partial charge >= 0.3 is 0 Å². The van der Waals surface area contributed by atoms with Gasteiger partial charge < -0.3 is 24.4 Å². The molecule has 34 heavy (non-hydrogen) atoms. The fourth-order valence-electron chi connectivity index (χ4n) is 3.94. The van der Waals surface area contributed by atoms with E-state index in [4.69, 9.17) is 14.2 Å². The molecule has 3 aromatic rings. The highest BCUT2D eigenvalue weighted by molar-refractivity contribution is 5.92. The Morgan fingerprint density at radius 2 is 1.71 bits per heavy atom. The first kappa shape index (κ1) is 22.2. The second-order valence-electron chi connectivity index (χ2n) is 8.16. The fraction of sp³-hybridized carbons (Fsp3) is 0.360. The van der Waals surface area contributed by atoms with E-state index in [-0.39, 0.29) is 12.0 Å². The number of carbonyl (C=O) groups is 1. The number of nitrogens with one attached hydrogen (secondary N) is 1. The maximum Gasteiger partial charge on any atom is 0.272 e. The van der Waals surface area contributed by atoms with Gasteiger partial charge in [-0.3, -0.25) is 4.79 Å². The lowest BCUT2D eigenvalue weighted by Crippen LogP contribution is -2.41. The van der Waals surface area contributed by atoms with E-state index >= 15 is 0 Å². The van der Waals surface area contributed by atoms with Crippen molar-refractivity contribution >= 4 is 17.7 Å². The van der Waals surface area contributed by atoms with E-state index in [2.05, 4.69) is 20.3 Å². The Labute approximate surface area is 198 Å². The van der Waals surface area contributed by atoms with Gasteiger partial charge in [0.05, 0.1) is 32.1 Å². The number of nitrogens with zero attached hydrogens (tertiary/aromatic N) is 4. The van der Waals surface area contributed by atoms with Gasteiger partial charge in [0.2, 0.25) is 5.95 Å². The molecule has 0 bridgehead atoms. The number of aromatic nitrogens is 3. The third-order valence-electron chi connectivity index (χ3n) is 5.78. The number of ether oxygens (including phenoxy) is 3. The number of carbonyl (C=O) groups excluding carboxylic acids is 1. The van der Waals surface area contributed by atoms with Crippen LogP contribution in [-0.4, -0.2) is 71.4 Å². The van der Waals surface area contributed by atoms with Crippen molar-refractivity contribution in [3.05, 3.63) is 60.4 Å². The van der Waals surface area contributed by atoms with E-state index in [0.29, 0.717) is 43.8 Å². The molecule has 0 saturated carbocycles. The van der Waals surface area contributed by atoms with E-state index in [1.54, 1.807) is 29.3 Å². The first-order valence-electron chi connectivity index (χ1n) is 11.5. The molecular weight excluding hydrogens is 434 g/mol. The summed E-state index contributed by atoms with van der Waals surface area (Å²) in [7, 11) is 0. The highest BCUT2D eigenvalue weighted by atomic mass is 16.5. The van der Waals surface area contributed by atoms with Crippen molar-refractivity contribution in [1.82, 2.24) is 19.9 Å². The van der Waals surface area contributed by atoms with Crippen LogP contribution in [0.3, 0.4) is 0 Å². The standard InChI is InChI=1S/C25H27N5O4/c31-24(30-12-16-33-17-13-30)22-2-1-3-23(27-22)29-25-26-11-8-21(28-25)18-4-6-19(7-5-18)34-20-9-14-32-15-10-20/h1-8,11,20H,9-10,12-17H2,(H,26,27,28,29). The molecule has 0 unspecified atom stereocenters. The van der Waals surface area contributed by atoms with E-state index in [1.807, 2.05) is 30.3 Å². The lowest BCUT2D eigenvalue weighted by Gasteiger charge is -2.26. The van der Waals surface area contributed by atoms with Crippen molar-refractivity contribution in [2.75, 3.05) is 44.8 Å². The molecule has 9 nitrogen and oxygen atoms in total.